The van der Waals surface area contributed by atoms with Crippen LogP contribution in [-0.4, -0.2) is 67.5 Å². The first kappa shape index (κ1) is 22.2. The molecule has 1 heterocycles. The van der Waals surface area contributed by atoms with Crippen molar-refractivity contribution in [3.8, 4) is 5.75 Å². The molecule has 1 fully saturated rings. The van der Waals surface area contributed by atoms with E-state index in [9.17, 15) is 5.11 Å². The van der Waals surface area contributed by atoms with Gasteiger partial charge in [-0.25, -0.2) is 0 Å². The largest absolute Gasteiger partial charge is 0.496 e. The quantitative estimate of drug-likeness (QED) is 0.641. The summed E-state index contributed by atoms with van der Waals surface area (Å²) in [7, 11) is 1.71. The summed E-state index contributed by atoms with van der Waals surface area (Å²) in [5.41, 5.74) is 2.41. The van der Waals surface area contributed by atoms with Gasteiger partial charge in [0.2, 0.25) is 0 Å². The Morgan fingerprint density at radius 1 is 1.26 bits per heavy atom. The topological polar surface area (TPSA) is 45.2 Å². The van der Waals surface area contributed by atoms with Crippen LogP contribution in [0.3, 0.4) is 0 Å². The summed E-state index contributed by atoms with van der Waals surface area (Å²) >= 11 is 0. The minimum atomic E-state index is 0.262. The molecule has 2 rings (SSSR count). The molecular formula is C22H38N2O3. The lowest BCUT2D eigenvalue weighted by Gasteiger charge is -2.41. The van der Waals surface area contributed by atoms with Gasteiger partial charge in [-0.2, -0.15) is 0 Å². The minimum absolute atomic E-state index is 0.262. The lowest BCUT2D eigenvalue weighted by atomic mass is 10.0. The van der Waals surface area contributed by atoms with Crippen molar-refractivity contribution >= 4 is 0 Å². The fourth-order valence-electron chi connectivity index (χ4n) is 3.76. The standard InChI is InChI=1S/C22H38N2O3/c1-5-27-17-20-14-19(6-7-22(20)26-4)15-23-11-12-24(10-8-18(2)3)21(16-23)9-13-25/h6-7,14,18,21,25H,5,8-13,15-17H2,1-4H3/t21-/m0/s1. The van der Waals surface area contributed by atoms with Crippen molar-refractivity contribution < 1.29 is 14.6 Å². The van der Waals surface area contributed by atoms with E-state index in [1.54, 1.807) is 7.11 Å². The summed E-state index contributed by atoms with van der Waals surface area (Å²) in [6.45, 7) is 13.4. The van der Waals surface area contributed by atoms with E-state index >= 15 is 0 Å². The third kappa shape index (κ3) is 7.07. The number of methoxy groups -OCH3 is 1. The van der Waals surface area contributed by atoms with Gasteiger partial charge in [-0.1, -0.05) is 19.9 Å². The summed E-state index contributed by atoms with van der Waals surface area (Å²) in [5.74, 6) is 1.62. The maximum atomic E-state index is 9.49. The summed E-state index contributed by atoms with van der Waals surface area (Å²) < 4.78 is 11.1. The van der Waals surface area contributed by atoms with E-state index in [-0.39, 0.29) is 6.61 Å². The highest BCUT2D eigenvalue weighted by Gasteiger charge is 2.26. The van der Waals surface area contributed by atoms with Crippen molar-refractivity contribution in [2.24, 2.45) is 5.92 Å². The number of aliphatic hydroxyl groups excluding tert-OH is 1. The zero-order chi connectivity index (χ0) is 19.6. The van der Waals surface area contributed by atoms with E-state index < -0.39 is 0 Å². The molecule has 0 spiro atoms. The summed E-state index contributed by atoms with van der Waals surface area (Å²) in [4.78, 5) is 5.08. The first-order chi connectivity index (χ1) is 13.1. The van der Waals surface area contributed by atoms with Gasteiger partial charge in [0.15, 0.2) is 0 Å². The second-order valence-electron chi connectivity index (χ2n) is 7.90. The van der Waals surface area contributed by atoms with Crippen LogP contribution in [0.5, 0.6) is 5.75 Å². The molecule has 0 aromatic heterocycles. The monoisotopic (exact) mass is 378 g/mol. The van der Waals surface area contributed by atoms with Crippen LogP contribution in [0.25, 0.3) is 0 Å². The van der Waals surface area contributed by atoms with Crippen LogP contribution in [0.1, 0.15) is 44.7 Å². The molecule has 1 aromatic carbocycles. The predicted octanol–water partition coefficient (Wildman–Crippen LogP) is 3.15. The minimum Gasteiger partial charge on any atom is -0.496 e. The fraction of sp³-hybridized carbons (Fsp3) is 0.727. The van der Waals surface area contributed by atoms with Gasteiger partial charge in [0.05, 0.1) is 13.7 Å². The average molecular weight is 379 g/mol. The Kier molecular flexibility index (Phi) is 9.56. The molecule has 0 amide bonds. The van der Waals surface area contributed by atoms with E-state index in [1.807, 2.05) is 13.0 Å². The molecular weight excluding hydrogens is 340 g/mol. The molecule has 1 saturated heterocycles. The van der Waals surface area contributed by atoms with Gasteiger partial charge < -0.3 is 14.6 Å². The number of aliphatic hydroxyl groups is 1. The van der Waals surface area contributed by atoms with Gasteiger partial charge in [0.25, 0.3) is 0 Å². The van der Waals surface area contributed by atoms with Crippen molar-refractivity contribution in [3.63, 3.8) is 0 Å². The number of nitrogens with zero attached hydrogens (tertiary/aromatic N) is 2. The summed E-state index contributed by atoms with van der Waals surface area (Å²) in [5, 5.41) is 9.49. The number of hydrogen-bond donors (Lipinski definition) is 1. The first-order valence-corrected chi connectivity index (χ1v) is 10.4. The van der Waals surface area contributed by atoms with E-state index in [2.05, 4.69) is 35.8 Å². The number of rotatable bonds is 11. The first-order valence-electron chi connectivity index (χ1n) is 10.4. The highest BCUT2D eigenvalue weighted by molar-refractivity contribution is 5.37. The Morgan fingerprint density at radius 3 is 2.74 bits per heavy atom. The Morgan fingerprint density at radius 2 is 2.07 bits per heavy atom. The lowest BCUT2D eigenvalue weighted by Crippen LogP contribution is -2.53. The maximum absolute atomic E-state index is 9.49. The van der Waals surface area contributed by atoms with Crippen LogP contribution in [0.4, 0.5) is 0 Å². The normalized spacial score (nSPS) is 19.0. The van der Waals surface area contributed by atoms with Crippen molar-refractivity contribution in [1.29, 1.82) is 0 Å². The molecule has 1 aliphatic heterocycles. The van der Waals surface area contributed by atoms with Crippen LogP contribution in [-0.2, 0) is 17.9 Å². The second kappa shape index (κ2) is 11.6. The molecule has 0 unspecified atom stereocenters. The van der Waals surface area contributed by atoms with Crippen molar-refractivity contribution in [2.45, 2.75) is 52.8 Å². The zero-order valence-electron chi connectivity index (χ0n) is 17.6. The average Bonchev–Trinajstić information content (AvgIpc) is 2.66. The van der Waals surface area contributed by atoms with Crippen molar-refractivity contribution in [1.82, 2.24) is 9.80 Å². The van der Waals surface area contributed by atoms with Gasteiger partial charge in [-0.05, 0) is 49.9 Å². The third-order valence-electron chi connectivity index (χ3n) is 5.36. The van der Waals surface area contributed by atoms with Crippen molar-refractivity contribution in [3.05, 3.63) is 29.3 Å². The Hall–Kier alpha value is -1.14. The molecule has 1 aromatic rings. The zero-order valence-corrected chi connectivity index (χ0v) is 17.6. The Labute approximate surface area is 165 Å². The number of piperazine rings is 1. The molecule has 0 radical (unpaired) electrons. The molecule has 154 valence electrons. The van der Waals surface area contributed by atoms with Crippen molar-refractivity contribution in [2.75, 3.05) is 46.5 Å². The molecule has 0 saturated carbocycles. The molecule has 5 heteroatoms. The van der Waals surface area contributed by atoms with Gasteiger partial charge in [-0.15, -0.1) is 0 Å². The van der Waals surface area contributed by atoms with Gasteiger partial charge in [0.1, 0.15) is 5.75 Å². The molecule has 0 bridgehead atoms. The smallest absolute Gasteiger partial charge is 0.124 e. The van der Waals surface area contributed by atoms with Crippen LogP contribution in [0.2, 0.25) is 0 Å². The SMILES string of the molecule is CCOCc1cc(CN2CCN(CCC(C)C)[C@@H](CCO)C2)ccc1OC. The molecule has 5 nitrogen and oxygen atoms in total. The molecule has 1 N–H and O–H groups in total. The Bertz CT molecular complexity index is 550. The van der Waals surface area contributed by atoms with E-state index in [0.29, 0.717) is 19.3 Å². The van der Waals surface area contributed by atoms with Gasteiger partial charge in [-0.3, -0.25) is 9.80 Å². The highest BCUT2D eigenvalue weighted by atomic mass is 16.5. The van der Waals surface area contributed by atoms with E-state index in [4.69, 9.17) is 9.47 Å². The number of benzene rings is 1. The second-order valence-corrected chi connectivity index (χ2v) is 7.90. The fourth-order valence-corrected chi connectivity index (χ4v) is 3.76. The summed E-state index contributed by atoms with van der Waals surface area (Å²) in [6.07, 6.45) is 2.08. The van der Waals surface area contributed by atoms with Crippen LogP contribution < -0.4 is 4.74 Å². The maximum Gasteiger partial charge on any atom is 0.124 e. The molecule has 1 atom stereocenters. The predicted molar refractivity (Wildman–Crippen MR) is 110 cm³/mol. The van der Waals surface area contributed by atoms with Crippen LogP contribution in [0.15, 0.2) is 18.2 Å². The van der Waals surface area contributed by atoms with Gasteiger partial charge >= 0.3 is 0 Å². The molecule has 0 aliphatic carbocycles. The van der Waals surface area contributed by atoms with Crippen LogP contribution in [0, 0.1) is 5.92 Å². The Balaban J connectivity index is 1.98. The van der Waals surface area contributed by atoms with Crippen LogP contribution >= 0.6 is 0 Å². The van der Waals surface area contributed by atoms with Gasteiger partial charge in [0, 0.05) is 51.0 Å². The molecule has 27 heavy (non-hydrogen) atoms. The number of ether oxygens (including phenoxy) is 2. The third-order valence-corrected chi connectivity index (χ3v) is 5.36. The molecule has 1 aliphatic rings. The van der Waals surface area contributed by atoms with E-state index in [1.165, 1.54) is 12.0 Å². The lowest BCUT2D eigenvalue weighted by molar-refractivity contribution is 0.0523. The number of hydrogen-bond acceptors (Lipinski definition) is 5. The summed E-state index contributed by atoms with van der Waals surface area (Å²) in [6, 6.07) is 6.86. The van der Waals surface area contributed by atoms with E-state index in [0.717, 1.165) is 56.4 Å². The highest BCUT2D eigenvalue weighted by Crippen LogP contribution is 2.23.